The predicted molar refractivity (Wildman–Crippen MR) is 60.9 cm³/mol. The van der Waals surface area contributed by atoms with Crippen LogP contribution in [0, 0.1) is 0 Å². The molecule has 2 unspecified atom stereocenters. The highest BCUT2D eigenvalue weighted by Crippen LogP contribution is 2.51. The van der Waals surface area contributed by atoms with Crippen LogP contribution >= 0.6 is 0 Å². The summed E-state index contributed by atoms with van der Waals surface area (Å²) >= 11 is 0. The van der Waals surface area contributed by atoms with Crippen molar-refractivity contribution in [3.63, 3.8) is 0 Å². The maximum Gasteiger partial charge on any atom is 0.333 e. The first kappa shape index (κ1) is 11.6. The minimum Gasteiger partial charge on any atom is -0.453 e. The van der Waals surface area contributed by atoms with Gasteiger partial charge in [0.25, 0.3) is 0 Å². The summed E-state index contributed by atoms with van der Waals surface area (Å²) in [6.45, 7) is 5.25. The fourth-order valence-electron chi connectivity index (χ4n) is 3.13. The Morgan fingerprint density at radius 1 is 1.19 bits per heavy atom. The molecule has 0 amide bonds. The zero-order chi connectivity index (χ0) is 11.8. The predicted octanol–water partition coefficient (Wildman–Crippen LogP) is 2.33. The van der Waals surface area contributed by atoms with Crippen LogP contribution in [0.3, 0.4) is 0 Å². The Morgan fingerprint density at radius 2 is 1.75 bits per heavy atom. The number of carbonyl (C=O) groups is 1. The fourth-order valence-corrected chi connectivity index (χ4v) is 3.13. The summed E-state index contributed by atoms with van der Waals surface area (Å²) in [7, 11) is 0. The van der Waals surface area contributed by atoms with E-state index in [4.69, 9.17) is 4.74 Å². The summed E-state index contributed by atoms with van der Waals surface area (Å²) < 4.78 is 5.58. The Morgan fingerprint density at radius 3 is 2.44 bits per heavy atom. The first-order chi connectivity index (χ1) is 7.49. The summed E-state index contributed by atoms with van der Waals surface area (Å²) in [5.41, 5.74) is -0.994. The van der Waals surface area contributed by atoms with Crippen LogP contribution in [0.4, 0.5) is 0 Å². The number of hydrogen-bond donors (Lipinski definition) is 1. The molecular formula is C13H20O3. The first-order valence-electron chi connectivity index (χ1n) is 6.10. The van der Waals surface area contributed by atoms with Crippen molar-refractivity contribution < 1.29 is 14.6 Å². The van der Waals surface area contributed by atoms with Gasteiger partial charge in [-0.15, -0.1) is 0 Å². The summed E-state index contributed by atoms with van der Waals surface area (Å²) in [5, 5.41) is 10.6. The van der Waals surface area contributed by atoms with E-state index in [0.717, 1.165) is 44.9 Å². The van der Waals surface area contributed by atoms with E-state index in [1.165, 1.54) is 0 Å². The Kier molecular flexibility index (Phi) is 2.82. The highest BCUT2D eigenvalue weighted by atomic mass is 16.6. The Balaban J connectivity index is 2.20. The van der Waals surface area contributed by atoms with E-state index in [2.05, 4.69) is 6.58 Å². The van der Waals surface area contributed by atoms with E-state index in [-0.39, 0.29) is 5.97 Å². The third-order valence-corrected chi connectivity index (χ3v) is 4.08. The molecule has 0 heterocycles. The summed E-state index contributed by atoms with van der Waals surface area (Å²) in [4.78, 5) is 11.7. The van der Waals surface area contributed by atoms with Crippen molar-refractivity contribution >= 4 is 5.97 Å². The topological polar surface area (TPSA) is 46.5 Å². The quantitative estimate of drug-likeness (QED) is 0.578. The van der Waals surface area contributed by atoms with Crippen molar-refractivity contribution in [2.75, 3.05) is 0 Å². The Hall–Kier alpha value is -0.830. The van der Waals surface area contributed by atoms with Crippen molar-refractivity contribution in [3.05, 3.63) is 12.2 Å². The highest BCUT2D eigenvalue weighted by molar-refractivity contribution is 5.87. The maximum absolute atomic E-state index is 11.7. The molecule has 2 fully saturated rings. The third-order valence-electron chi connectivity index (χ3n) is 4.08. The van der Waals surface area contributed by atoms with Crippen LogP contribution in [-0.2, 0) is 9.53 Å². The van der Waals surface area contributed by atoms with Gasteiger partial charge in [-0.2, -0.15) is 0 Å². The monoisotopic (exact) mass is 224 g/mol. The minimum absolute atomic E-state index is 0.359. The van der Waals surface area contributed by atoms with Crippen LogP contribution in [0.1, 0.15) is 51.9 Å². The van der Waals surface area contributed by atoms with Crippen molar-refractivity contribution in [1.29, 1.82) is 0 Å². The van der Waals surface area contributed by atoms with Gasteiger partial charge in [-0.3, -0.25) is 0 Å². The molecular weight excluding hydrogens is 204 g/mol. The summed E-state index contributed by atoms with van der Waals surface area (Å²) in [5.74, 6) is -0.359. The molecule has 2 aliphatic rings. The van der Waals surface area contributed by atoms with Crippen LogP contribution in [0.25, 0.3) is 0 Å². The van der Waals surface area contributed by atoms with Crippen molar-refractivity contribution in [2.24, 2.45) is 0 Å². The largest absolute Gasteiger partial charge is 0.453 e. The lowest BCUT2D eigenvalue weighted by Crippen LogP contribution is -2.54. The molecule has 2 atom stereocenters. The Labute approximate surface area is 96.5 Å². The van der Waals surface area contributed by atoms with Gasteiger partial charge in [-0.1, -0.05) is 13.0 Å². The molecule has 0 aromatic heterocycles. The van der Waals surface area contributed by atoms with E-state index in [1.54, 1.807) is 6.92 Å². The molecule has 2 aliphatic carbocycles. The molecule has 0 aromatic carbocycles. The average Bonchev–Trinajstić information content (AvgIpc) is 2.55. The molecule has 0 radical (unpaired) electrons. The highest BCUT2D eigenvalue weighted by Gasteiger charge is 2.57. The smallest absolute Gasteiger partial charge is 0.333 e. The van der Waals surface area contributed by atoms with Gasteiger partial charge in [0, 0.05) is 5.57 Å². The van der Waals surface area contributed by atoms with Gasteiger partial charge < -0.3 is 9.84 Å². The average molecular weight is 224 g/mol. The zero-order valence-corrected chi connectivity index (χ0v) is 9.92. The van der Waals surface area contributed by atoms with Crippen molar-refractivity contribution in [1.82, 2.24) is 0 Å². The lowest BCUT2D eigenvalue weighted by Gasteiger charge is -2.45. The van der Waals surface area contributed by atoms with E-state index >= 15 is 0 Å². The second-order valence-corrected chi connectivity index (χ2v) is 5.26. The van der Waals surface area contributed by atoms with Gasteiger partial charge in [-0.05, 0) is 45.4 Å². The number of fused-ring (bicyclic) bond motifs is 1. The molecule has 0 aromatic rings. The van der Waals surface area contributed by atoms with Gasteiger partial charge in [0.05, 0.1) is 0 Å². The maximum atomic E-state index is 11.7. The van der Waals surface area contributed by atoms with E-state index < -0.39 is 11.2 Å². The number of aliphatic hydroxyl groups is 1. The normalized spacial score (nSPS) is 37.9. The molecule has 2 rings (SSSR count). The molecule has 3 heteroatoms. The molecule has 0 spiro atoms. The molecule has 3 nitrogen and oxygen atoms in total. The molecule has 90 valence electrons. The van der Waals surface area contributed by atoms with Crippen LogP contribution in [-0.4, -0.2) is 22.3 Å². The first-order valence-corrected chi connectivity index (χ1v) is 6.10. The van der Waals surface area contributed by atoms with Crippen molar-refractivity contribution in [3.8, 4) is 0 Å². The van der Waals surface area contributed by atoms with Crippen LogP contribution in [0.2, 0.25) is 0 Å². The third kappa shape index (κ3) is 1.67. The standard InChI is InChI=1S/C13H20O3/c1-10(2)11(14)16-13-8-4-3-6-12(13,15)7-5-9-13/h15H,1,3-9H2,2H3. The van der Waals surface area contributed by atoms with Crippen molar-refractivity contribution in [2.45, 2.75) is 63.1 Å². The van der Waals surface area contributed by atoms with Crippen LogP contribution in [0.15, 0.2) is 12.2 Å². The molecule has 1 N–H and O–H groups in total. The minimum atomic E-state index is -0.781. The number of carbonyl (C=O) groups excluding carboxylic acids is 1. The Bertz CT molecular complexity index is 323. The lowest BCUT2D eigenvalue weighted by atomic mass is 9.74. The number of hydrogen-bond acceptors (Lipinski definition) is 3. The molecule has 0 bridgehead atoms. The van der Waals surface area contributed by atoms with Gasteiger partial charge in [0.2, 0.25) is 0 Å². The van der Waals surface area contributed by atoms with Gasteiger partial charge in [0.1, 0.15) is 11.2 Å². The van der Waals surface area contributed by atoms with Crippen LogP contribution < -0.4 is 0 Å². The second kappa shape index (κ2) is 3.88. The lowest BCUT2D eigenvalue weighted by molar-refractivity contribution is -0.195. The van der Waals surface area contributed by atoms with Gasteiger partial charge >= 0.3 is 5.97 Å². The summed E-state index contributed by atoms with van der Waals surface area (Å²) in [6.07, 6.45) is 6.12. The van der Waals surface area contributed by atoms with Gasteiger partial charge in [0.15, 0.2) is 0 Å². The SMILES string of the molecule is C=C(C)C(=O)OC12CCCCC1(O)CCC2. The zero-order valence-electron chi connectivity index (χ0n) is 9.92. The fraction of sp³-hybridized carbons (Fsp3) is 0.769. The molecule has 0 aliphatic heterocycles. The number of esters is 1. The van der Waals surface area contributed by atoms with E-state index in [1.807, 2.05) is 0 Å². The van der Waals surface area contributed by atoms with E-state index in [9.17, 15) is 9.90 Å². The van der Waals surface area contributed by atoms with Gasteiger partial charge in [-0.25, -0.2) is 4.79 Å². The summed E-state index contributed by atoms with van der Waals surface area (Å²) in [6, 6.07) is 0. The second-order valence-electron chi connectivity index (χ2n) is 5.26. The number of ether oxygens (including phenoxy) is 1. The molecule has 16 heavy (non-hydrogen) atoms. The number of rotatable bonds is 2. The van der Waals surface area contributed by atoms with Crippen LogP contribution in [0.5, 0.6) is 0 Å². The van der Waals surface area contributed by atoms with E-state index in [0.29, 0.717) is 5.57 Å². The molecule has 0 saturated heterocycles. The molecule has 2 saturated carbocycles.